The Balaban J connectivity index is 1.88. The number of aromatic nitrogens is 3. The van der Waals surface area contributed by atoms with E-state index in [-0.39, 0.29) is 12.1 Å². The van der Waals surface area contributed by atoms with Gasteiger partial charge in [-0.3, -0.25) is 4.90 Å². The van der Waals surface area contributed by atoms with Gasteiger partial charge in [0.05, 0.1) is 12.6 Å². The molecule has 6 nitrogen and oxygen atoms in total. The fraction of sp³-hybridized carbons (Fsp3) is 0.550. The van der Waals surface area contributed by atoms with E-state index in [1.165, 1.54) is 0 Å². The molecule has 1 aliphatic rings. The highest BCUT2D eigenvalue weighted by molar-refractivity contribution is 6.30. The van der Waals surface area contributed by atoms with Crippen LogP contribution in [0.15, 0.2) is 24.3 Å². The van der Waals surface area contributed by atoms with Crippen LogP contribution in [0.5, 0.6) is 0 Å². The molecule has 0 N–H and O–H groups in total. The lowest BCUT2D eigenvalue weighted by atomic mass is 10.1. The van der Waals surface area contributed by atoms with E-state index in [1.807, 2.05) is 45.0 Å². The van der Waals surface area contributed by atoms with Crippen molar-refractivity contribution >= 4 is 17.7 Å². The molecule has 0 radical (unpaired) electrons. The third-order valence-electron chi connectivity index (χ3n) is 4.61. The van der Waals surface area contributed by atoms with Crippen LogP contribution in [0.2, 0.25) is 5.02 Å². The Kier molecular flexibility index (Phi) is 5.75. The van der Waals surface area contributed by atoms with Crippen LogP contribution in [0.3, 0.4) is 0 Å². The monoisotopic (exact) mass is 390 g/mol. The van der Waals surface area contributed by atoms with Gasteiger partial charge in [0.15, 0.2) is 5.82 Å². The summed E-state index contributed by atoms with van der Waals surface area (Å²) in [4.78, 5) is 14.4. The van der Waals surface area contributed by atoms with Crippen molar-refractivity contribution in [3.05, 3.63) is 46.5 Å². The summed E-state index contributed by atoms with van der Waals surface area (Å²) in [6.45, 7) is 9.04. The van der Waals surface area contributed by atoms with E-state index in [9.17, 15) is 4.79 Å². The molecular formula is C20H27ClN4O2. The Morgan fingerprint density at radius 3 is 2.59 bits per heavy atom. The maximum atomic E-state index is 12.7. The van der Waals surface area contributed by atoms with Crippen molar-refractivity contribution < 1.29 is 9.53 Å². The first-order valence-electron chi connectivity index (χ1n) is 9.44. The molecule has 1 aromatic heterocycles. The SMILES string of the molecule is CCc1nnc(C2CCCN2C(=O)OC(C)(C)C)n1Cc1ccc(Cl)cc1. The third kappa shape index (κ3) is 4.61. The zero-order valence-corrected chi connectivity index (χ0v) is 17.2. The van der Waals surface area contributed by atoms with Gasteiger partial charge in [0.1, 0.15) is 11.4 Å². The fourth-order valence-electron chi connectivity index (χ4n) is 3.38. The normalized spacial score (nSPS) is 17.4. The first-order valence-corrected chi connectivity index (χ1v) is 9.82. The molecule has 1 unspecified atom stereocenters. The van der Waals surface area contributed by atoms with E-state index in [4.69, 9.17) is 16.3 Å². The summed E-state index contributed by atoms with van der Waals surface area (Å²) in [5, 5.41) is 9.53. The number of ether oxygens (including phenoxy) is 1. The Morgan fingerprint density at radius 1 is 1.26 bits per heavy atom. The van der Waals surface area contributed by atoms with Crippen LogP contribution in [-0.2, 0) is 17.7 Å². The van der Waals surface area contributed by atoms with Crippen molar-refractivity contribution in [2.24, 2.45) is 0 Å². The summed E-state index contributed by atoms with van der Waals surface area (Å²) in [5.74, 6) is 1.74. The third-order valence-corrected chi connectivity index (χ3v) is 4.86. The molecule has 1 fully saturated rings. The van der Waals surface area contributed by atoms with Crippen molar-refractivity contribution in [1.82, 2.24) is 19.7 Å². The molecule has 0 saturated carbocycles. The van der Waals surface area contributed by atoms with Crippen molar-refractivity contribution in [3.63, 3.8) is 0 Å². The Morgan fingerprint density at radius 2 is 1.96 bits per heavy atom. The average molecular weight is 391 g/mol. The van der Waals surface area contributed by atoms with Gasteiger partial charge in [-0.05, 0) is 51.3 Å². The van der Waals surface area contributed by atoms with Crippen LogP contribution < -0.4 is 0 Å². The van der Waals surface area contributed by atoms with Gasteiger partial charge in [-0.2, -0.15) is 0 Å². The summed E-state index contributed by atoms with van der Waals surface area (Å²) in [6.07, 6.45) is 2.28. The van der Waals surface area contributed by atoms with Gasteiger partial charge in [-0.1, -0.05) is 30.7 Å². The molecule has 3 rings (SSSR count). The minimum absolute atomic E-state index is 0.111. The molecule has 1 amide bonds. The predicted octanol–water partition coefficient (Wildman–Crippen LogP) is 4.61. The van der Waals surface area contributed by atoms with E-state index in [0.717, 1.165) is 36.5 Å². The fourth-order valence-corrected chi connectivity index (χ4v) is 3.50. The van der Waals surface area contributed by atoms with Crippen molar-refractivity contribution in [3.8, 4) is 0 Å². The second-order valence-corrected chi connectivity index (χ2v) is 8.31. The molecule has 7 heteroatoms. The van der Waals surface area contributed by atoms with E-state index < -0.39 is 5.60 Å². The molecule has 0 bridgehead atoms. The maximum absolute atomic E-state index is 12.7. The molecule has 146 valence electrons. The zero-order valence-electron chi connectivity index (χ0n) is 16.4. The maximum Gasteiger partial charge on any atom is 0.410 e. The molecule has 0 aliphatic carbocycles. The van der Waals surface area contributed by atoms with E-state index in [1.54, 1.807) is 4.90 Å². The standard InChI is InChI=1S/C20H27ClN4O2/c1-5-17-22-23-18(25(17)13-14-8-10-15(21)11-9-14)16-7-6-12-24(16)19(26)27-20(2,3)4/h8-11,16H,5-7,12-13H2,1-4H3. The van der Waals surface area contributed by atoms with Gasteiger partial charge in [0, 0.05) is 18.0 Å². The number of likely N-dealkylation sites (tertiary alicyclic amines) is 1. The summed E-state index contributed by atoms with van der Waals surface area (Å²) in [6, 6.07) is 7.67. The van der Waals surface area contributed by atoms with Crippen molar-refractivity contribution in [1.29, 1.82) is 0 Å². The quantitative estimate of drug-likeness (QED) is 0.764. The minimum Gasteiger partial charge on any atom is -0.444 e. The molecule has 1 atom stereocenters. The van der Waals surface area contributed by atoms with Gasteiger partial charge < -0.3 is 9.30 Å². The number of halogens is 1. The average Bonchev–Trinajstić information content (AvgIpc) is 3.21. The number of carbonyl (C=O) groups is 1. The van der Waals surface area contributed by atoms with Gasteiger partial charge in [-0.25, -0.2) is 4.79 Å². The van der Waals surface area contributed by atoms with E-state index in [0.29, 0.717) is 18.1 Å². The smallest absolute Gasteiger partial charge is 0.410 e. The Bertz CT molecular complexity index is 795. The largest absolute Gasteiger partial charge is 0.444 e. The second-order valence-electron chi connectivity index (χ2n) is 7.87. The number of carbonyl (C=O) groups excluding carboxylic acids is 1. The van der Waals surface area contributed by atoms with Gasteiger partial charge in [-0.15, -0.1) is 10.2 Å². The van der Waals surface area contributed by atoms with Crippen molar-refractivity contribution in [2.45, 2.75) is 65.1 Å². The lowest BCUT2D eigenvalue weighted by molar-refractivity contribution is 0.0215. The lowest BCUT2D eigenvalue weighted by Gasteiger charge is -2.28. The van der Waals surface area contributed by atoms with Crippen LogP contribution in [0.25, 0.3) is 0 Å². The Hall–Kier alpha value is -2.08. The zero-order chi connectivity index (χ0) is 19.6. The summed E-state index contributed by atoms with van der Waals surface area (Å²) < 4.78 is 7.71. The minimum atomic E-state index is -0.518. The molecular weight excluding hydrogens is 364 g/mol. The van der Waals surface area contributed by atoms with E-state index in [2.05, 4.69) is 21.7 Å². The topological polar surface area (TPSA) is 60.3 Å². The molecule has 0 spiro atoms. The highest BCUT2D eigenvalue weighted by Gasteiger charge is 2.36. The van der Waals surface area contributed by atoms with Crippen LogP contribution in [0, 0.1) is 0 Å². The van der Waals surface area contributed by atoms with Crippen molar-refractivity contribution in [2.75, 3.05) is 6.54 Å². The predicted molar refractivity (Wildman–Crippen MR) is 105 cm³/mol. The molecule has 1 saturated heterocycles. The summed E-state index contributed by atoms with van der Waals surface area (Å²) >= 11 is 6.00. The van der Waals surface area contributed by atoms with Gasteiger partial charge in [0.2, 0.25) is 0 Å². The lowest BCUT2D eigenvalue weighted by Crippen LogP contribution is -2.37. The molecule has 2 aromatic rings. The summed E-state index contributed by atoms with van der Waals surface area (Å²) in [7, 11) is 0. The number of aryl methyl sites for hydroxylation is 1. The number of hydrogen-bond acceptors (Lipinski definition) is 4. The second kappa shape index (κ2) is 7.89. The number of nitrogens with zero attached hydrogens (tertiary/aromatic N) is 4. The van der Waals surface area contributed by atoms with Gasteiger partial charge >= 0.3 is 6.09 Å². The van der Waals surface area contributed by atoms with Crippen LogP contribution >= 0.6 is 11.6 Å². The number of hydrogen-bond donors (Lipinski definition) is 0. The molecule has 27 heavy (non-hydrogen) atoms. The number of rotatable bonds is 4. The summed E-state index contributed by atoms with van der Waals surface area (Å²) in [5.41, 5.74) is 0.604. The van der Waals surface area contributed by atoms with Crippen LogP contribution in [0.1, 0.15) is 63.8 Å². The molecule has 2 heterocycles. The highest BCUT2D eigenvalue weighted by atomic mass is 35.5. The first kappa shape index (κ1) is 19.7. The van der Waals surface area contributed by atoms with Crippen LogP contribution in [-0.4, -0.2) is 37.9 Å². The van der Waals surface area contributed by atoms with Gasteiger partial charge in [0.25, 0.3) is 0 Å². The highest BCUT2D eigenvalue weighted by Crippen LogP contribution is 2.33. The first-order chi connectivity index (χ1) is 12.8. The number of amides is 1. The molecule has 1 aromatic carbocycles. The number of benzene rings is 1. The van der Waals surface area contributed by atoms with E-state index >= 15 is 0 Å². The Labute approximate surface area is 165 Å². The molecule has 1 aliphatic heterocycles. The van der Waals surface area contributed by atoms with Crippen LogP contribution in [0.4, 0.5) is 4.79 Å².